The van der Waals surface area contributed by atoms with E-state index in [1.807, 2.05) is 41.1 Å². The largest absolute Gasteiger partial charge is 0.275 e. The Morgan fingerprint density at radius 3 is 2.69 bits per heavy atom. The Labute approximate surface area is 101 Å². The molecule has 0 aliphatic heterocycles. The molecule has 0 saturated heterocycles. The van der Waals surface area contributed by atoms with Crippen molar-refractivity contribution < 1.29 is 0 Å². The molecule has 3 nitrogen and oxygen atoms in total. The van der Waals surface area contributed by atoms with Gasteiger partial charge in [-0.25, -0.2) is 0 Å². The van der Waals surface area contributed by atoms with Gasteiger partial charge in [-0.2, -0.15) is 0 Å². The third kappa shape index (κ3) is 1.30. The lowest BCUT2D eigenvalue weighted by Crippen LogP contribution is -1.88. The molecule has 2 heterocycles. The summed E-state index contributed by atoms with van der Waals surface area (Å²) >= 11 is 7.79. The Morgan fingerprint density at radius 1 is 1.19 bits per heavy atom. The summed E-state index contributed by atoms with van der Waals surface area (Å²) in [5.74, 6) is 0. The van der Waals surface area contributed by atoms with Gasteiger partial charge >= 0.3 is 0 Å². The molecule has 3 aromatic rings. The van der Waals surface area contributed by atoms with Gasteiger partial charge < -0.3 is 0 Å². The fourth-order valence-corrected chi connectivity index (χ4v) is 2.51. The molecule has 3 rings (SSSR count). The lowest BCUT2D eigenvalue weighted by molar-refractivity contribution is 0.925. The predicted molar refractivity (Wildman–Crippen MR) is 67.3 cm³/mol. The Balaban J connectivity index is 2.55. The van der Waals surface area contributed by atoms with Crippen LogP contribution in [0.4, 0.5) is 0 Å². The van der Waals surface area contributed by atoms with Crippen molar-refractivity contribution in [1.82, 2.24) is 14.6 Å². The van der Waals surface area contributed by atoms with Crippen LogP contribution >= 0.6 is 23.4 Å². The summed E-state index contributed by atoms with van der Waals surface area (Å²) in [5.41, 5.74) is 0.851. The van der Waals surface area contributed by atoms with Crippen LogP contribution in [0.1, 0.15) is 0 Å². The van der Waals surface area contributed by atoms with Crippen molar-refractivity contribution in [1.29, 1.82) is 0 Å². The normalized spacial score (nSPS) is 11.4. The van der Waals surface area contributed by atoms with E-state index in [1.54, 1.807) is 11.8 Å². The molecule has 0 unspecified atom stereocenters. The molecule has 16 heavy (non-hydrogen) atoms. The number of aromatic nitrogens is 3. The number of halogens is 1. The number of hydrogen-bond donors (Lipinski definition) is 0. The second-order valence-electron chi connectivity index (χ2n) is 3.40. The minimum absolute atomic E-state index is 0.721. The lowest BCUT2D eigenvalue weighted by Gasteiger charge is -2.03. The van der Waals surface area contributed by atoms with Crippen LogP contribution in [0.2, 0.25) is 5.02 Å². The number of thioether (sulfide) groups is 1. The van der Waals surface area contributed by atoms with Gasteiger partial charge in [0.05, 0.1) is 5.02 Å². The summed E-state index contributed by atoms with van der Waals surface area (Å²) in [6, 6.07) is 7.95. The first-order chi connectivity index (χ1) is 7.81. The van der Waals surface area contributed by atoms with E-state index < -0.39 is 0 Å². The van der Waals surface area contributed by atoms with E-state index >= 15 is 0 Å². The average Bonchev–Trinajstić information content (AvgIpc) is 2.72. The van der Waals surface area contributed by atoms with Crippen molar-refractivity contribution in [2.45, 2.75) is 5.16 Å². The molecule has 0 N–H and O–H groups in total. The highest BCUT2D eigenvalue weighted by Gasteiger charge is 2.10. The quantitative estimate of drug-likeness (QED) is 0.620. The standard InChI is InChI=1S/C11H8ClN3S/c1-16-11-14-13-10-8-5-3-2-4-7(8)9(12)6-15(10)11/h2-6H,1H3. The topological polar surface area (TPSA) is 30.2 Å². The number of rotatable bonds is 1. The van der Waals surface area contributed by atoms with Crippen LogP contribution in [0.3, 0.4) is 0 Å². The Kier molecular flexibility index (Phi) is 2.26. The van der Waals surface area contributed by atoms with Crippen molar-refractivity contribution in [3.05, 3.63) is 35.5 Å². The zero-order chi connectivity index (χ0) is 11.1. The molecule has 0 saturated carbocycles. The second kappa shape index (κ2) is 3.64. The van der Waals surface area contributed by atoms with Crippen molar-refractivity contribution in [3.63, 3.8) is 0 Å². The third-order valence-electron chi connectivity index (χ3n) is 2.51. The molecule has 5 heteroatoms. The van der Waals surface area contributed by atoms with Crippen molar-refractivity contribution >= 4 is 39.8 Å². The first kappa shape index (κ1) is 9.93. The second-order valence-corrected chi connectivity index (χ2v) is 4.58. The number of nitrogens with zero attached hydrogens (tertiary/aromatic N) is 3. The van der Waals surface area contributed by atoms with Crippen LogP contribution in [-0.4, -0.2) is 20.9 Å². The van der Waals surface area contributed by atoms with Gasteiger partial charge in [-0.05, 0) is 6.26 Å². The highest BCUT2D eigenvalue weighted by atomic mass is 35.5. The molecule has 0 aliphatic carbocycles. The first-order valence-electron chi connectivity index (χ1n) is 4.77. The van der Waals surface area contributed by atoms with E-state index in [2.05, 4.69) is 10.2 Å². The molecule has 0 atom stereocenters. The van der Waals surface area contributed by atoms with Gasteiger partial charge in [0.1, 0.15) is 0 Å². The molecule has 1 aromatic carbocycles. The van der Waals surface area contributed by atoms with Crippen LogP contribution in [0, 0.1) is 0 Å². The lowest BCUT2D eigenvalue weighted by atomic mass is 10.2. The number of hydrogen-bond acceptors (Lipinski definition) is 3. The first-order valence-corrected chi connectivity index (χ1v) is 6.37. The Bertz CT molecular complexity index is 677. The summed E-state index contributed by atoms with van der Waals surface area (Å²) in [4.78, 5) is 0. The maximum atomic E-state index is 6.24. The predicted octanol–water partition coefficient (Wildman–Crippen LogP) is 3.26. The molecule has 2 aromatic heterocycles. The van der Waals surface area contributed by atoms with Gasteiger partial charge in [0.2, 0.25) is 0 Å². The van der Waals surface area contributed by atoms with Gasteiger partial charge in [0.15, 0.2) is 10.8 Å². The number of fused-ring (bicyclic) bond motifs is 3. The molecule has 0 spiro atoms. The van der Waals surface area contributed by atoms with E-state index in [4.69, 9.17) is 11.6 Å². The molecular formula is C11H8ClN3S. The maximum Gasteiger partial charge on any atom is 0.195 e. The SMILES string of the molecule is CSc1nnc2c3ccccc3c(Cl)cn12. The van der Waals surface area contributed by atoms with Crippen LogP contribution in [0.15, 0.2) is 35.6 Å². The van der Waals surface area contributed by atoms with Crippen molar-refractivity contribution in [2.75, 3.05) is 6.26 Å². The van der Waals surface area contributed by atoms with Crippen LogP contribution in [0.25, 0.3) is 16.4 Å². The van der Waals surface area contributed by atoms with Crippen molar-refractivity contribution in [3.8, 4) is 0 Å². The van der Waals surface area contributed by atoms with Gasteiger partial charge in [0, 0.05) is 17.0 Å². The van der Waals surface area contributed by atoms with E-state index in [1.165, 1.54) is 0 Å². The molecule has 0 bridgehead atoms. The van der Waals surface area contributed by atoms with Gasteiger partial charge in [-0.3, -0.25) is 4.40 Å². The van der Waals surface area contributed by atoms with Gasteiger partial charge in [-0.1, -0.05) is 47.6 Å². The van der Waals surface area contributed by atoms with Crippen LogP contribution in [0.5, 0.6) is 0 Å². The van der Waals surface area contributed by atoms with E-state index in [0.29, 0.717) is 0 Å². The minimum atomic E-state index is 0.721. The summed E-state index contributed by atoms with van der Waals surface area (Å²) in [7, 11) is 0. The third-order valence-corrected chi connectivity index (χ3v) is 3.46. The molecular weight excluding hydrogens is 242 g/mol. The fraction of sp³-hybridized carbons (Fsp3) is 0.0909. The van der Waals surface area contributed by atoms with Gasteiger partial charge in [-0.15, -0.1) is 10.2 Å². The fourth-order valence-electron chi connectivity index (χ4n) is 1.79. The van der Waals surface area contributed by atoms with E-state index in [-0.39, 0.29) is 0 Å². The summed E-state index contributed by atoms with van der Waals surface area (Å²) < 4.78 is 1.93. The molecule has 0 amide bonds. The monoisotopic (exact) mass is 249 g/mol. The minimum Gasteiger partial charge on any atom is -0.275 e. The van der Waals surface area contributed by atoms with E-state index in [0.717, 1.165) is 26.6 Å². The zero-order valence-corrected chi connectivity index (χ0v) is 10.1. The smallest absolute Gasteiger partial charge is 0.195 e. The molecule has 0 aliphatic rings. The van der Waals surface area contributed by atoms with Crippen LogP contribution in [-0.2, 0) is 0 Å². The Hall–Kier alpha value is -1.26. The average molecular weight is 250 g/mol. The highest BCUT2D eigenvalue weighted by molar-refractivity contribution is 7.98. The van der Waals surface area contributed by atoms with Crippen LogP contribution < -0.4 is 0 Å². The number of benzene rings is 1. The highest BCUT2D eigenvalue weighted by Crippen LogP contribution is 2.28. The Morgan fingerprint density at radius 2 is 1.94 bits per heavy atom. The van der Waals surface area contributed by atoms with Crippen molar-refractivity contribution in [2.24, 2.45) is 0 Å². The number of pyridine rings is 1. The summed E-state index contributed by atoms with van der Waals surface area (Å²) in [6.45, 7) is 0. The molecule has 0 fully saturated rings. The van der Waals surface area contributed by atoms with Gasteiger partial charge in [0.25, 0.3) is 0 Å². The molecule has 80 valence electrons. The van der Waals surface area contributed by atoms with E-state index in [9.17, 15) is 0 Å². The molecule has 0 radical (unpaired) electrons. The zero-order valence-electron chi connectivity index (χ0n) is 8.51. The summed E-state index contributed by atoms with van der Waals surface area (Å²) in [5, 5.41) is 11.9. The summed E-state index contributed by atoms with van der Waals surface area (Å²) in [6.07, 6.45) is 3.84. The maximum absolute atomic E-state index is 6.24.